The summed E-state index contributed by atoms with van der Waals surface area (Å²) in [5.74, 6) is 0. The molecule has 0 amide bonds. The number of nitrogens with zero attached hydrogens (tertiary/aromatic N) is 2. The minimum absolute atomic E-state index is 0. The summed E-state index contributed by atoms with van der Waals surface area (Å²) >= 11 is 0. The number of aryl methyl sites for hydroxylation is 1. The van der Waals surface area contributed by atoms with E-state index < -0.39 is 0 Å². The molecule has 2 N–H and O–H groups in total. The maximum Gasteiger partial charge on any atom is 0.0704 e. The van der Waals surface area contributed by atoms with Crippen molar-refractivity contribution in [2.24, 2.45) is 0 Å². The smallest absolute Gasteiger partial charge is 0.0704 e. The van der Waals surface area contributed by atoms with Gasteiger partial charge in [-0.05, 0) is 37.7 Å². The Hall–Kier alpha value is -0.806. The summed E-state index contributed by atoms with van der Waals surface area (Å²) < 4.78 is 0. The van der Waals surface area contributed by atoms with Crippen LogP contribution in [0.2, 0.25) is 0 Å². The first-order valence-corrected chi connectivity index (χ1v) is 6.85. The Morgan fingerprint density at radius 3 is 2.43 bits per heavy atom. The molecule has 5 heteroatoms. The molecule has 1 aliphatic rings. The summed E-state index contributed by atoms with van der Waals surface area (Å²) in [6.45, 7) is 6.23. The molecule has 109 valence electrons. The van der Waals surface area contributed by atoms with Crippen LogP contribution in [-0.4, -0.2) is 31.2 Å². The van der Waals surface area contributed by atoms with Gasteiger partial charge in [-0.3, -0.25) is 4.98 Å². The Bertz CT molecular complexity index is 516. The van der Waals surface area contributed by atoms with Crippen LogP contribution < -0.4 is 5.32 Å². The Morgan fingerprint density at radius 2 is 1.90 bits per heavy atom. The number of pyridine rings is 1. The van der Waals surface area contributed by atoms with E-state index in [0.717, 1.165) is 43.0 Å². The van der Waals surface area contributed by atoms with E-state index in [1.54, 1.807) is 12.3 Å². The van der Waals surface area contributed by atoms with E-state index in [2.05, 4.69) is 15.6 Å². The van der Waals surface area contributed by atoms with Crippen LogP contribution in [0, 0.1) is 6.92 Å². The first-order chi connectivity index (χ1) is 9.77. The number of benzene rings is 1. The van der Waals surface area contributed by atoms with Gasteiger partial charge in [-0.2, -0.15) is 0 Å². The Balaban J connectivity index is 0.000000267. The van der Waals surface area contributed by atoms with E-state index in [0.29, 0.717) is 5.69 Å². The van der Waals surface area contributed by atoms with E-state index in [-0.39, 0.29) is 32.7 Å². The van der Waals surface area contributed by atoms with Gasteiger partial charge in [0.1, 0.15) is 0 Å². The fourth-order valence-corrected chi connectivity index (χ4v) is 1.97. The van der Waals surface area contributed by atoms with Crippen LogP contribution in [0.4, 0.5) is 5.69 Å². The fraction of sp³-hybridized carbons (Fsp3) is 0.312. The SMILES string of the molecule is C1CNCC[N-]1.Cc1ccc([NH-])cc1-c1ccccn1.[Y]. The van der Waals surface area contributed by atoms with Gasteiger partial charge < -0.3 is 16.4 Å². The zero-order valence-corrected chi connectivity index (χ0v) is 15.2. The van der Waals surface area contributed by atoms with Crippen LogP contribution in [0.1, 0.15) is 5.56 Å². The normalized spacial score (nSPS) is 13.6. The van der Waals surface area contributed by atoms with Crippen LogP contribution in [0.15, 0.2) is 42.6 Å². The molecule has 1 aliphatic heterocycles. The molecule has 1 fully saturated rings. The van der Waals surface area contributed by atoms with Crippen molar-refractivity contribution in [1.29, 1.82) is 0 Å². The van der Waals surface area contributed by atoms with Crippen molar-refractivity contribution >= 4 is 5.69 Å². The zero-order chi connectivity index (χ0) is 14.2. The van der Waals surface area contributed by atoms with Crippen molar-refractivity contribution < 1.29 is 32.7 Å². The van der Waals surface area contributed by atoms with Crippen molar-refractivity contribution in [3.05, 3.63) is 59.2 Å². The molecular formula is C16H20N4Y-2. The summed E-state index contributed by atoms with van der Waals surface area (Å²) in [6.07, 6.45) is 1.77. The summed E-state index contributed by atoms with van der Waals surface area (Å²) in [7, 11) is 0. The van der Waals surface area contributed by atoms with Gasteiger partial charge in [0.15, 0.2) is 0 Å². The number of piperazine rings is 1. The molecule has 2 heterocycles. The zero-order valence-electron chi connectivity index (χ0n) is 12.3. The maximum absolute atomic E-state index is 7.55. The average molecular weight is 357 g/mol. The Kier molecular flexibility index (Phi) is 8.70. The first-order valence-electron chi connectivity index (χ1n) is 6.85. The van der Waals surface area contributed by atoms with Crippen molar-refractivity contribution in [2.45, 2.75) is 6.92 Å². The van der Waals surface area contributed by atoms with E-state index in [9.17, 15) is 0 Å². The van der Waals surface area contributed by atoms with Gasteiger partial charge in [0, 0.05) is 44.5 Å². The summed E-state index contributed by atoms with van der Waals surface area (Å²) in [4.78, 5) is 4.27. The molecule has 0 bridgehead atoms. The van der Waals surface area contributed by atoms with Crippen molar-refractivity contribution in [3.63, 3.8) is 0 Å². The second-order valence-corrected chi connectivity index (χ2v) is 4.67. The van der Waals surface area contributed by atoms with Crippen LogP contribution in [0.3, 0.4) is 0 Å². The molecule has 1 aromatic carbocycles. The molecule has 1 aromatic heterocycles. The molecule has 1 saturated heterocycles. The quantitative estimate of drug-likeness (QED) is 0.846. The number of hydrogen-bond acceptors (Lipinski definition) is 2. The fourth-order valence-electron chi connectivity index (χ4n) is 1.97. The van der Waals surface area contributed by atoms with Gasteiger partial charge in [0.25, 0.3) is 0 Å². The van der Waals surface area contributed by atoms with Crippen molar-refractivity contribution in [3.8, 4) is 11.3 Å². The Labute approximate surface area is 151 Å². The molecule has 0 saturated carbocycles. The van der Waals surface area contributed by atoms with Gasteiger partial charge >= 0.3 is 0 Å². The monoisotopic (exact) mass is 357 g/mol. The Morgan fingerprint density at radius 1 is 1.14 bits per heavy atom. The van der Waals surface area contributed by atoms with Crippen molar-refractivity contribution in [1.82, 2.24) is 10.3 Å². The minimum Gasteiger partial charge on any atom is -0.699 e. The molecule has 2 aromatic rings. The molecule has 3 rings (SSSR count). The third-order valence-corrected chi connectivity index (χ3v) is 3.07. The molecule has 0 spiro atoms. The van der Waals surface area contributed by atoms with E-state index in [1.165, 1.54) is 0 Å². The van der Waals surface area contributed by atoms with E-state index in [1.807, 2.05) is 37.3 Å². The van der Waals surface area contributed by atoms with Crippen LogP contribution >= 0.6 is 0 Å². The van der Waals surface area contributed by atoms with Gasteiger partial charge in [0.2, 0.25) is 0 Å². The predicted octanol–water partition coefficient (Wildman–Crippen LogP) is 3.70. The second-order valence-electron chi connectivity index (χ2n) is 4.67. The molecular weight excluding hydrogens is 337 g/mol. The average Bonchev–Trinajstić information content (AvgIpc) is 2.53. The van der Waals surface area contributed by atoms with E-state index >= 15 is 0 Å². The molecule has 21 heavy (non-hydrogen) atoms. The molecule has 0 unspecified atom stereocenters. The topological polar surface area (TPSA) is 62.8 Å². The largest absolute Gasteiger partial charge is 0.699 e. The third-order valence-electron chi connectivity index (χ3n) is 3.07. The number of rotatable bonds is 1. The van der Waals surface area contributed by atoms with Crippen LogP contribution in [-0.2, 0) is 32.7 Å². The number of nitrogens with one attached hydrogen (secondary N) is 2. The van der Waals surface area contributed by atoms with E-state index in [4.69, 9.17) is 5.73 Å². The number of hydrogen-bond donors (Lipinski definition) is 1. The molecule has 0 aliphatic carbocycles. The molecule has 0 atom stereocenters. The first kappa shape index (κ1) is 18.2. The predicted molar refractivity (Wildman–Crippen MR) is 84.4 cm³/mol. The summed E-state index contributed by atoms with van der Waals surface area (Å²) in [5, 5.41) is 7.31. The third kappa shape index (κ3) is 6.22. The maximum atomic E-state index is 7.55. The van der Waals surface area contributed by atoms with Gasteiger partial charge in [0.05, 0.1) is 5.69 Å². The summed E-state index contributed by atoms with van der Waals surface area (Å²) in [5.41, 5.74) is 11.2. The molecule has 1 radical (unpaired) electrons. The summed E-state index contributed by atoms with van der Waals surface area (Å²) in [6, 6.07) is 11.4. The van der Waals surface area contributed by atoms with Gasteiger partial charge in [-0.15, -0.1) is 18.8 Å². The molecule has 4 nitrogen and oxygen atoms in total. The second kappa shape index (κ2) is 10.0. The van der Waals surface area contributed by atoms with Gasteiger partial charge in [-0.25, -0.2) is 0 Å². The van der Waals surface area contributed by atoms with Crippen molar-refractivity contribution in [2.75, 3.05) is 26.2 Å². The standard InChI is InChI=1S/C12H11N2.C4H9N2.Y/c1-9-5-6-10(13)8-11(9)12-4-2-3-7-14-12;1-2-6-4-3-5-1;/h2-8,13H,1H3;5H,1-4H2;/q2*-1;. The minimum atomic E-state index is 0. The van der Waals surface area contributed by atoms with Crippen LogP contribution in [0.25, 0.3) is 22.3 Å². The van der Waals surface area contributed by atoms with Gasteiger partial charge in [-0.1, -0.05) is 24.3 Å². The number of aromatic nitrogens is 1. The van der Waals surface area contributed by atoms with Crippen LogP contribution in [0.5, 0.6) is 0 Å².